The molecule has 0 amide bonds. The third-order valence-corrected chi connectivity index (χ3v) is 3.28. The van der Waals surface area contributed by atoms with Gasteiger partial charge in [-0.2, -0.15) is 0 Å². The van der Waals surface area contributed by atoms with Crippen molar-refractivity contribution in [3.05, 3.63) is 57.7 Å². The second-order valence-electron chi connectivity index (χ2n) is 4.31. The fraction of sp³-hybridized carbons (Fsp3) is 0. The van der Waals surface area contributed by atoms with Crippen LogP contribution in [-0.2, 0) is 0 Å². The summed E-state index contributed by atoms with van der Waals surface area (Å²) >= 11 is 6.05. The second-order valence-corrected chi connectivity index (χ2v) is 4.72. The first-order valence-electron chi connectivity index (χ1n) is 5.96. The third kappa shape index (κ3) is 2.30. The summed E-state index contributed by atoms with van der Waals surface area (Å²) in [6, 6.07) is 7.18. The first-order chi connectivity index (χ1) is 10.1. The van der Waals surface area contributed by atoms with Gasteiger partial charge in [-0.25, -0.2) is 4.39 Å². The normalized spacial score (nSPS) is 10.8. The van der Waals surface area contributed by atoms with Gasteiger partial charge in [-0.3, -0.25) is 4.79 Å². The lowest BCUT2D eigenvalue weighted by atomic mass is 10.0. The van der Waals surface area contributed by atoms with Gasteiger partial charge in [0, 0.05) is 23.4 Å². The molecule has 0 fully saturated rings. The van der Waals surface area contributed by atoms with Crippen molar-refractivity contribution in [2.75, 3.05) is 5.73 Å². The largest absolute Gasteiger partial charge is 0.380 e. The number of pyridine rings is 1. The molecule has 0 saturated heterocycles. The molecule has 0 radical (unpaired) electrons. The van der Waals surface area contributed by atoms with E-state index < -0.39 is 5.82 Å². The van der Waals surface area contributed by atoms with Gasteiger partial charge in [-0.1, -0.05) is 22.8 Å². The predicted molar refractivity (Wildman–Crippen MR) is 77.4 cm³/mol. The van der Waals surface area contributed by atoms with Crippen LogP contribution in [0, 0.1) is 5.82 Å². The van der Waals surface area contributed by atoms with E-state index in [1.807, 2.05) is 0 Å². The highest BCUT2D eigenvalue weighted by Crippen LogP contribution is 2.40. The number of hydrogen-bond donors (Lipinski definition) is 2. The minimum Gasteiger partial charge on any atom is -0.380 e. The van der Waals surface area contributed by atoms with Crippen molar-refractivity contribution in [3.63, 3.8) is 0 Å². The van der Waals surface area contributed by atoms with Crippen LogP contribution in [0.1, 0.15) is 0 Å². The third-order valence-electron chi connectivity index (χ3n) is 2.97. The molecule has 0 atom stereocenters. The van der Waals surface area contributed by atoms with Crippen molar-refractivity contribution in [3.8, 4) is 22.5 Å². The molecule has 0 aliphatic heterocycles. The Morgan fingerprint density at radius 1 is 1.29 bits per heavy atom. The maximum Gasteiger partial charge on any atom is 0.248 e. The highest BCUT2D eigenvalue weighted by Gasteiger charge is 2.22. The van der Waals surface area contributed by atoms with Gasteiger partial charge < -0.3 is 15.2 Å². The number of benzene rings is 1. The summed E-state index contributed by atoms with van der Waals surface area (Å²) in [5.41, 5.74) is 6.19. The molecule has 0 unspecified atom stereocenters. The summed E-state index contributed by atoms with van der Waals surface area (Å²) in [4.78, 5) is 13.9. The Hall–Kier alpha value is -2.60. The van der Waals surface area contributed by atoms with E-state index in [0.717, 1.165) is 0 Å². The number of halogens is 2. The van der Waals surface area contributed by atoms with E-state index in [0.29, 0.717) is 5.56 Å². The van der Waals surface area contributed by atoms with E-state index in [-0.39, 0.29) is 33.3 Å². The first-order valence-corrected chi connectivity index (χ1v) is 6.34. The fourth-order valence-corrected chi connectivity index (χ4v) is 2.32. The first kappa shape index (κ1) is 13.4. The van der Waals surface area contributed by atoms with Gasteiger partial charge in [0.2, 0.25) is 5.56 Å². The summed E-state index contributed by atoms with van der Waals surface area (Å²) in [5.74, 6) is -0.369. The van der Waals surface area contributed by atoms with E-state index in [1.165, 1.54) is 30.5 Å². The average Bonchev–Trinajstić information content (AvgIpc) is 2.81. The van der Waals surface area contributed by atoms with Crippen LogP contribution in [0.25, 0.3) is 22.5 Å². The van der Waals surface area contributed by atoms with E-state index in [1.54, 1.807) is 6.07 Å². The molecular formula is C14H9ClFN3O2. The number of aromatic amines is 1. The van der Waals surface area contributed by atoms with Crippen LogP contribution in [0.5, 0.6) is 0 Å². The topological polar surface area (TPSA) is 84.9 Å². The summed E-state index contributed by atoms with van der Waals surface area (Å²) in [5, 5.41) is 3.82. The number of H-pyrrole nitrogens is 1. The summed E-state index contributed by atoms with van der Waals surface area (Å²) in [7, 11) is 0. The van der Waals surface area contributed by atoms with Gasteiger partial charge in [0.15, 0.2) is 11.6 Å². The van der Waals surface area contributed by atoms with Crippen molar-refractivity contribution in [1.82, 2.24) is 10.1 Å². The lowest BCUT2D eigenvalue weighted by molar-refractivity contribution is 0.436. The Bertz CT molecular complexity index is 852. The lowest BCUT2D eigenvalue weighted by Gasteiger charge is -2.06. The number of anilines is 1. The number of nitrogens with two attached hydrogens (primary N) is 1. The molecule has 0 bridgehead atoms. The fourth-order valence-electron chi connectivity index (χ4n) is 2.06. The molecule has 2 heterocycles. The summed E-state index contributed by atoms with van der Waals surface area (Å²) in [6.07, 6.45) is 1.45. The van der Waals surface area contributed by atoms with Crippen LogP contribution in [-0.4, -0.2) is 10.1 Å². The number of nitrogens with one attached hydrogen (secondary N) is 1. The molecule has 5 nitrogen and oxygen atoms in total. The van der Waals surface area contributed by atoms with E-state index >= 15 is 0 Å². The van der Waals surface area contributed by atoms with Crippen molar-refractivity contribution in [2.45, 2.75) is 0 Å². The van der Waals surface area contributed by atoms with E-state index in [9.17, 15) is 9.18 Å². The smallest absolute Gasteiger partial charge is 0.248 e. The quantitative estimate of drug-likeness (QED) is 0.762. The maximum atomic E-state index is 14.1. The van der Waals surface area contributed by atoms with Gasteiger partial charge in [0.25, 0.3) is 0 Å². The number of aromatic nitrogens is 2. The van der Waals surface area contributed by atoms with Crippen LogP contribution < -0.4 is 11.3 Å². The van der Waals surface area contributed by atoms with Gasteiger partial charge in [-0.15, -0.1) is 0 Å². The van der Waals surface area contributed by atoms with E-state index in [4.69, 9.17) is 21.9 Å². The molecule has 3 N–H and O–H groups in total. The van der Waals surface area contributed by atoms with Crippen molar-refractivity contribution in [2.24, 2.45) is 0 Å². The highest BCUT2D eigenvalue weighted by molar-refractivity contribution is 6.33. The molecule has 0 saturated carbocycles. The zero-order valence-electron chi connectivity index (χ0n) is 10.6. The molecule has 3 aromatic rings. The van der Waals surface area contributed by atoms with E-state index in [2.05, 4.69) is 10.1 Å². The molecule has 3 rings (SSSR count). The molecular weight excluding hydrogens is 297 g/mol. The highest BCUT2D eigenvalue weighted by atomic mass is 35.5. The van der Waals surface area contributed by atoms with Crippen LogP contribution in [0.2, 0.25) is 5.02 Å². The molecule has 0 aliphatic rings. The second kappa shape index (κ2) is 5.06. The standard InChI is InChI=1S/C14H9ClFN3O2/c15-8-2-1-3-9(16)11(8)12-13(21-19-14(12)17)7-4-5-18-10(20)6-7/h1-6H,(H2,17,19)(H,18,20). The lowest BCUT2D eigenvalue weighted by Crippen LogP contribution is -2.02. The van der Waals surface area contributed by atoms with Gasteiger partial charge in [0.1, 0.15) is 5.82 Å². The summed E-state index contributed by atoms with van der Waals surface area (Å²) in [6.45, 7) is 0. The Labute approximate surface area is 123 Å². The Morgan fingerprint density at radius 3 is 2.81 bits per heavy atom. The van der Waals surface area contributed by atoms with Gasteiger partial charge in [0.05, 0.1) is 10.6 Å². The van der Waals surface area contributed by atoms with Crippen molar-refractivity contribution < 1.29 is 8.91 Å². The molecule has 2 aromatic heterocycles. The molecule has 1 aromatic carbocycles. The zero-order valence-corrected chi connectivity index (χ0v) is 11.3. The minimum atomic E-state index is -0.552. The van der Waals surface area contributed by atoms with Crippen molar-refractivity contribution in [1.29, 1.82) is 0 Å². The number of hydrogen-bond acceptors (Lipinski definition) is 4. The molecule has 7 heteroatoms. The number of nitrogens with zero attached hydrogens (tertiary/aromatic N) is 1. The van der Waals surface area contributed by atoms with Crippen LogP contribution >= 0.6 is 11.6 Å². The number of nitrogen functional groups attached to an aromatic ring is 1. The van der Waals surface area contributed by atoms with Gasteiger partial charge >= 0.3 is 0 Å². The minimum absolute atomic E-state index is 0.00252. The molecule has 0 spiro atoms. The maximum absolute atomic E-state index is 14.1. The Kier molecular flexibility index (Phi) is 3.23. The predicted octanol–water partition coefficient (Wildman–Crippen LogP) is 3.07. The summed E-state index contributed by atoms with van der Waals surface area (Å²) < 4.78 is 19.2. The van der Waals surface area contributed by atoms with Crippen LogP contribution in [0.4, 0.5) is 10.2 Å². The van der Waals surface area contributed by atoms with Crippen LogP contribution in [0.3, 0.4) is 0 Å². The van der Waals surface area contributed by atoms with Crippen molar-refractivity contribution >= 4 is 17.4 Å². The SMILES string of the molecule is Nc1noc(-c2cc[nH]c(=O)c2)c1-c1c(F)cccc1Cl. The molecule has 21 heavy (non-hydrogen) atoms. The molecule has 0 aliphatic carbocycles. The van der Waals surface area contributed by atoms with Gasteiger partial charge in [-0.05, 0) is 18.2 Å². The Balaban J connectivity index is 2.30. The number of rotatable bonds is 2. The Morgan fingerprint density at radius 2 is 2.10 bits per heavy atom. The average molecular weight is 306 g/mol. The van der Waals surface area contributed by atoms with Crippen LogP contribution in [0.15, 0.2) is 45.8 Å². The zero-order chi connectivity index (χ0) is 15.0. The monoisotopic (exact) mass is 305 g/mol. The molecule has 106 valence electrons.